The van der Waals surface area contributed by atoms with Gasteiger partial charge in [0.15, 0.2) is 0 Å². The van der Waals surface area contributed by atoms with Gasteiger partial charge in [-0.25, -0.2) is 4.79 Å². The van der Waals surface area contributed by atoms with E-state index >= 15 is 0 Å². The number of hydrogen-bond acceptors (Lipinski definition) is 4. The van der Waals surface area contributed by atoms with Gasteiger partial charge in [-0.05, 0) is 32.8 Å². The first kappa shape index (κ1) is 20.4. The van der Waals surface area contributed by atoms with Crippen molar-refractivity contribution in [3.05, 3.63) is 48.3 Å². The lowest BCUT2D eigenvalue weighted by Gasteiger charge is -2.29. The lowest BCUT2D eigenvalue weighted by Crippen LogP contribution is -2.46. The summed E-state index contributed by atoms with van der Waals surface area (Å²) in [5.41, 5.74) is 0.844. The average molecular weight is 386 g/mol. The number of likely N-dealkylation sites (tertiary alicyclic amines) is 1. The fraction of sp³-hybridized carbons (Fsp3) is 0.524. The van der Waals surface area contributed by atoms with E-state index in [0.717, 1.165) is 13.1 Å². The Labute approximate surface area is 166 Å². The molecular formula is C21H31N5O2. The zero-order chi connectivity index (χ0) is 20.4. The summed E-state index contributed by atoms with van der Waals surface area (Å²) in [6.45, 7) is 8.63. The third-order valence-corrected chi connectivity index (χ3v) is 5.06. The molecule has 152 valence electrons. The highest BCUT2D eigenvalue weighted by Crippen LogP contribution is 2.24. The van der Waals surface area contributed by atoms with Gasteiger partial charge >= 0.3 is 6.03 Å². The predicted octanol–water partition coefficient (Wildman–Crippen LogP) is 2.74. The number of aliphatic hydroxyl groups is 1. The Hall–Kier alpha value is -2.38. The van der Waals surface area contributed by atoms with E-state index in [4.69, 9.17) is 0 Å². The number of likely N-dealkylation sites (N-methyl/N-ethyl adjacent to an activating group) is 1. The molecule has 2 N–H and O–H groups in total. The zero-order valence-electron chi connectivity index (χ0n) is 17.2. The Balaban J connectivity index is 1.52. The molecule has 1 aliphatic rings. The second-order valence-electron chi connectivity index (χ2n) is 8.80. The van der Waals surface area contributed by atoms with Crippen molar-refractivity contribution in [3.63, 3.8) is 0 Å². The number of aromatic nitrogens is 2. The van der Waals surface area contributed by atoms with Gasteiger partial charge in [0.25, 0.3) is 0 Å². The van der Waals surface area contributed by atoms with Gasteiger partial charge in [-0.3, -0.25) is 9.58 Å². The van der Waals surface area contributed by atoms with E-state index in [0.29, 0.717) is 18.7 Å². The van der Waals surface area contributed by atoms with Crippen molar-refractivity contribution < 1.29 is 9.90 Å². The number of urea groups is 1. The summed E-state index contributed by atoms with van der Waals surface area (Å²) < 4.78 is 1.81. The maximum Gasteiger partial charge on any atom is 0.321 e. The molecule has 2 heterocycles. The van der Waals surface area contributed by atoms with E-state index in [1.54, 1.807) is 18.1 Å². The SMILES string of the molecule is CN(CC1(O)CCN(Cc2ccccc2)C1)C(=O)Nc1cnn(C(C)(C)C)c1. The van der Waals surface area contributed by atoms with Crippen LogP contribution in [0, 0.1) is 0 Å². The zero-order valence-corrected chi connectivity index (χ0v) is 17.2. The van der Waals surface area contributed by atoms with Crippen LogP contribution in [-0.4, -0.2) is 63.0 Å². The Morgan fingerprint density at radius 2 is 2.04 bits per heavy atom. The monoisotopic (exact) mass is 385 g/mol. The van der Waals surface area contributed by atoms with E-state index in [9.17, 15) is 9.90 Å². The number of benzene rings is 1. The van der Waals surface area contributed by atoms with Crippen molar-refractivity contribution in [2.45, 2.75) is 44.9 Å². The molecule has 1 saturated heterocycles. The van der Waals surface area contributed by atoms with Crippen LogP contribution in [0.4, 0.5) is 10.5 Å². The topological polar surface area (TPSA) is 73.6 Å². The number of rotatable bonds is 5. The van der Waals surface area contributed by atoms with Crippen LogP contribution in [0.25, 0.3) is 0 Å². The number of nitrogens with one attached hydrogen (secondary N) is 1. The molecule has 1 aliphatic heterocycles. The van der Waals surface area contributed by atoms with Crippen LogP contribution in [0.3, 0.4) is 0 Å². The molecule has 0 radical (unpaired) electrons. The van der Waals surface area contributed by atoms with Gasteiger partial charge in [0, 0.05) is 32.9 Å². The molecule has 28 heavy (non-hydrogen) atoms. The van der Waals surface area contributed by atoms with Crippen LogP contribution in [0.2, 0.25) is 0 Å². The molecule has 0 spiro atoms. The van der Waals surface area contributed by atoms with Crippen molar-refractivity contribution in [3.8, 4) is 0 Å². The van der Waals surface area contributed by atoms with Gasteiger partial charge in [-0.1, -0.05) is 30.3 Å². The minimum Gasteiger partial charge on any atom is -0.387 e. The Kier molecular flexibility index (Phi) is 5.76. The summed E-state index contributed by atoms with van der Waals surface area (Å²) in [6, 6.07) is 9.99. The molecule has 0 saturated carbocycles. The van der Waals surface area contributed by atoms with Gasteiger partial charge in [-0.2, -0.15) is 5.10 Å². The quantitative estimate of drug-likeness (QED) is 0.830. The Morgan fingerprint density at radius 1 is 1.32 bits per heavy atom. The second-order valence-corrected chi connectivity index (χ2v) is 8.80. The van der Waals surface area contributed by atoms with Crippen molar-refractivity contribution >= 4 is 11.7 Å². The van der Waals surface area contributed by atoms with Gasteiger partial charge in [0.2, 0.25) is 0 Å². The van der Waals surface area contributed by atoms with Gasteiger partial charge in [-0.15, -0.1) is 0 Å². The van der Waals surface area contributed by atoms with Crippen LogP contribution < -0.4 is 5.32 Å². The summed E-state index contributed by atoms with van der Waals surface area (Å²) in [4.78, 5) is 16.3. The van der Waals surface area contributed by atoms with Crippen molar-refractivity contribution in [1.82, 2.24) is 19.6 Å². The molecule has 1 aromatic carbocycles. The minimum absolute atomic E-state index is 0.143. The summed E-state index contributed by atoms with van der Waals surface area (Å²) in [7, 11) is 1.71. The van der Waals surface area contributed by atoms with E-state index < -0.39 is 5.60 Å². The number of carbonyl (C=O) groups excluding carboxylic acids is 1. The maximum atomic E-state index is 12.5. The highest BCUT2D eigenvalue weighted by Gasteiger charge is 2.37. The van der Waals surface area contributed by atoms with Crippen molar-refractivity contribution in [2.24, 2.45) is 0 Å². The molecule has 0 aliphatic carbocycles. The molecule has 2 aromatic rings. The molecule has 1 fully saturated rings. The molecule has 1 aromatic heterocycles. The molecule has 7 nitrogen and oxygen atoms in total. The third kappa shape index (κ3) is 5.11. The molecule has 2 amide bonds. The number of anilines is 1. The van der Waals surface area contributed by atoms with Crippen LogP contribution in [0.15, 0.2) is 42.7 Å². The first-order valence-electron chi connectivity index (χ1n) is 9.71. The largest absolute Gasteiger partial charge is 0.387 e. The number of amides is 2. The molecule has 1 unspecified atom stereocenters. The van der Waals surface area contributed by atoms with Crippen molar-refractivity contribution in [2.75, 3.05) is 32.0 Å². The van der Waals surface area contributed by atoms with Gasteiger partial charge in [0.1, 0.15) is 0 Å². The van der Waals surface area contributed by atoms with Crippen LogP contribution in [0.5, 0.6) is 0 Å². The van der Waals surface area contributed by atoms with E-state index in [-0.39, 0.29) is 18.1 Å². The molecule has 3 rings (SSSR count). The lowest BCUT2D eigenvalue weighted by atomic mass is 10.0. The molecular weight excluding hydrogens is 354 g/mol. The van der Waals surface area contributed by atoms with E-state index in [1.807, 2.05) is 29.1 Å². The molecule has 0 bridgehead atoms. The minimum atomic E-state index is -0.892. The number of carbonyl (C=O) groups is 1. The fourth-order valence-corrected chi connectivity index (χ4v) is 3.53. The summed E-state index contributed by atoms with van der Waals surface area (Å²) in [6.07, 6.45) is 4.11. The summed E-state index contributed by atoms with van der Waals surface area (Å²) in [5.74, 6) is 0. The van der Waals surface area contributed by atoms with E-state index in [2.05, 4.69) is 48.2 Å². The maximum absolute atomic E-state index is 12.5. The summed E-state index contributed by atoms with van der Waals surface area (Å²) >= 11 is 0. The number of hydrogen-bond donors (Lipinski definition) is 2. The second kappa shape index (κ2) is 7.93. The summed E-state index contributed by atoms with van der Waals surface area (Å²) in [5, 5.41) is 18.1. The van der Waals surface area contributed by atoms with Crippen LogP contribution >= 0.6 is 0 Å². The highest BCUT2D eigenvalue weighted by molar-refractivity contribution is 5.88. The first-order valence-corrected chi connectivity index (χ1v) is 9.71. The number of nitrogens with zero attached hydrogens (tertiary/aromatic N) is 4. The molecule has 1 atom stereocenters. The van der Waals surface area contributed by atoms with Crippen molar-refractivity contribution in [1.29, 1.82) is 0 Å². The Morgan fingerprint density at radius 3 is 2.68 bits per heavy atom. The van der Waals surface area contributed by atoms with Gasteiger partial charge < -0.3 is 15.3 Å². The Bertz CT molecular complexity index is 799. The highest BCUT2D eigenvalue weighted by atomic mass is 16.3. The standard InChI is InChI=1S/C21H31N5O2/c1-20(2,3)26-14-18(12-22-26)23-19(27)24(4)15-21(28)10-11-25(16-21)13-17-8-6-5-7-9-17/h5-9,12,14,28H,10-11,13,15-16H2,1-4H3,(H,23,27). The predicted molar refractivity (Wildman–Crippen MR) is 110 cm³/mol. The third-order valence-electron chi connectivity index (χ3n) is 5.06. The normalized spacial score (nSPS) is 20.3. The first-order chi connectivity index (χ1) is 13.1. The van der Waals surface area contributed by atoms with Gasteiger partial charge in [0.05, 0.1) is 29.6 Å². The lowest BCUT2D eigenvalue weighted by molar-refractivity contribution is 0.0275. The van der Waals surface area contributed by atoms with Crippen LogP contribution in [-0.2, 0) is 12.1 Å². The van der Waals surface area contributed by atoms with Crippen LogP contribution in [0.1, 0.15) is 32.8 Å². The fourth-order valence-electron chi connectivity index (χ4n) is 3.53. The smallest absolute Gasteiger partial charge is 0.321 e. The number of β-amino-alcohol motifs (C(OH)–C–C–N with tert-alkyl or cyclic N) is 1. The molecule has 7 heteroatoms. The van der Waals surface area contributed by atoms with E-state index in [1.165, 1.54) is 5.56 Å². The average Bonchev–Trinajstić information content (AvgIpc) is 3.22.